The predicted octanol–water partition coefficient (Wildman–Crippen LogP) is 0.0988. The van der Waals surface area contributed by atoms with E-state index in [9.17, 15) is 9.90 Å². The van der Waals surface area contributed by atoms with Crippen LogP contribution in [-0.4, -0.2) is 23.3 Å². The van der Waals surface area contributed by atoms with Gasteiger partial charge < -0.3 is 20.4 Å². The molecular weight excluding hydrogens is 200 g/mol. The van der Waals surface area contributed by atoms with Crippen molar-refractivity contribution in [3.63, 3.8) is 0 Å². The summed E-state index contributed by atoms with van der Waals surface area (Å²) in [6.45, 7) is 0. The molecule has 1 aromatic rings. The largest absolute Gasteiger partial charge is 0.494 e. The number of carbonyl (C=O) groups is 1. The molecule has 1 unspecified atom stereocenters. The third-order valence-corrected chi connectivity index (χ3v) is 1.93. The number of nitrogens with one attached hydrogen (secondary N) is 1. The molecule has 0 bridgehead atoms. The number of rotatable bonds is 4. The van der Waals surface area contributed by atoms with Gasteiger partial charge in [0.05, 0.1) is 12.8 Å². The van der Waals surface area contributed by atoms with E-state index in [2.05, 4.69) is 5.43 Å². The highest BCUT2D eigenvalue weighted by molar-refractivity contribution is 5.77. The lowest BCUT2D eigenvalue weighted by molar-refractivity contribution is -0.147. The molecule has 0 saturated carbocycles. The van der Waals surface area contributed by atoms with Gasteiger partial charge in [0, 0.05) is 5.56 Å². The van der Waals surface area contributed by atoms with Crippen LogP contribution in [0.5, 0.6) is 5.75 Å². The Hall–Kier alpha value is -1.79. The van der Waals surface area contributed by atoms with Crippen molar-refractivity contribution in [2.75, 3.05) is 12.5 Å². The summed E-state index contributed by atoms with van der Waals surface area (Å²) < 4.78 is 4.97. The third kappa shape index (κ3) is 2.17. The molecule has 6 heteroatoms. The highest BCUT2D eigenvalue weighted by atomic mass is 16.5. The average molecular weight is 212 g/mol. The minimum absolute atomic E-state index is 0.153. The lowest BCUT2D eigenvalue weighted by atomic mass is 10.1. The quantitative estimate of drug-likeness (QED) is 0.416. The highest BCUT2D eigenvalue weighted by Gasteiger charge is 2.21. The predicted molar refractivity (Wildman–Crippen MR) is 53.4 cm³/mol. The van der Waals surface area contributed by atoms with Crippen LogP contribution in [0.1, 0.15) is 11.7 Å². The second-order valence-electron chi connectivity index (χ2n) is 2.81. The summed E-state index contributed by atoms with van der Waals surface area (Å²) in [5, 5.41) is 18.0. The van der Waals surface area contributed by atoms with Gasteiger partial charge in [-0.2, -0.15) is 0 Å². The average Bonchev–Trinajstić information content (AvgIpc) is 2.26. The lowest BCUT2D eigenvalue weighted by Crippen LogP contribution is -2.14. The van der Waals surface area contributed by atoms with Gasteiger partial charge in [-0.3, -0.25) is 5.84 Å². The van der Waals surface area contributed by atoms with E-state index < -0.39 is 12.1 Å². The Morgan fingerprint density at radius 2 is 2.27 bits per heavy atom. The van der Waals surface area contributed by atoms with Crippen molar-refractivity contribution in [1.29, 1.82) is 0 Å². The van der Waals surface area contributed by atoms with E-state index in [1.54, 1.807) is 12.1 Å². The van der Waals surface area contributed by atoms with E-state index in [0.29, 0.717) is 5.69 Å². The molecule has 0 aliphatic rings. The van der Waals surface area contributed by atoms with Crippen molar-refractivity contribution in [3.05, 3.63) is 23.8 Å². The molecule has 0 amide bonds. The summed E-state index contributed by atoms with van der Waals surface area (Å²) in [7, 11) is 1.37. The number of nitrogen functional groups attached to an aromatic ring is 1. The van der Waals surface area contributed by atoms with Crippen molar-refractivity contribution in [3.8, 4) is 5.75 Å². The van der Waals surface area contributed by atoms with Gasteiger partial charge in [-0.15, -0.1) is 0 Å². The third-order valence-electron chi connectivity index (χ3n) is 1.93. The van der Waals surface area contributed by atoms with Crippen LogP contribution in [0.4, 0.5) is 5.69 Å². The molecule has 0 saturated heterocycles. The van der Waals surface area contributed by atoms with Crippen molar-refractivity contribution in [1.82, 2.24) is 0 Å². The maximum atomic E-state index is 10.6. The summed E-state index contributed by atoms with van der Waals surface area (Å²) in [5.41, 5.74) is 2.92. The summed E-state index contributed by atoms with van der Waals surface area (Å²) in [6.07, 6.45) is -1.63. The number of ether oxygens (including phenoxy) is 1. The van der Waals surface area contributed by atoms with E-state index in [4.69, 9.17) is 15.7 Å². The summed E-state index contributed by atoms with van der Waals surface area (Å²) >= 11 is 0. The molecule has 0 heterocycles. The second-order valence-corrected chi connectivity index (χ2v) is 2.81. The molecule has 0 spiro atoms. The molecule has 0 aliphatic carbocycles. The summed E-state index contributed by atoms with van der Waals surface area (Å²) in [6, 6.07) is 4.63. The molecule has 6 nitrogen and oxygen atoms in total. The number of benzene rings is 1. The van der Waals surface area contributed by atoms with Gasteiger partial charge in [0.2, 0.25) is 0 Å². The number of aliphatic hydroxyl groups is 1. The fourth-order valence-electron chi connectivity index (χ4n) is 1.24. The summed E-state index contributed by atoms with van der Waals surface area (Å²) in [5.74, 6) is 4.08. The van der Waals surface area contributed by atoms with Crippen LogP contribution < -0.4 is 16.0 Å². The molecule has 82 valence electrons. The topological polar surface area (TPSA) is 105 Å². The van der Waals surface area contributed by atoms with Gasteiger partial charge in [-0.05, 0) is 6.07 Å². The van der Waals surface area contributed by atoms with Gasteiger partial charge in [0.15, 0.2) is 6.10 Å². The van der Waals surface area contributed by atoms with Gasteiger partial charge in [-0.1, -0.05) is 12.1 Å². The minimum atomic E-state index is -1.63. The first kappa shape index (κ1) is 11.3. The normalized spacial score (nSPS) is 11.9. The Kier molecular flexibility index (Phi) is 3.48. The van der Waals surface area contributed by atoms with Crippen molar-refractivity contribution in [2.45, 2.75) is 6.10 Å². The molecule has 0 aromatic heterocycles. The second kappa shape index (κ2) is 4.63. The van der Waals surface area contributed by atoms with E-state index >= 15 is 0 Å². The van der Waals surface area contributed by atoms with Crippen LogP contribution >= 0.6 is 0 Å². The van der Waals surface area contributed by atoms with E-state index in [1.807, 2.05) is 0 Å². The van der Waals surface area contributed by atoms with E-state index in [-0.39, 0.29) is 11.3 Å². The van der Waals surface area contributed by atoms with Crippen molar-refractivity contribution in [2.24, 2.45) is 5.84 Å². The SMILES string of the molecule is COc1c(NN)cccc1C(O)C(=O)O. The maximum Gasteiger partial charge on any atom is 0.337 e. The van der Waals surface area contributed by atoms with Crippen LogP contribution in [0.25, 0.3) is 0 Å². The van der Waals surface area contributed by atoms with Crippen LogP contribution in [0, 0.1) is 0 Å². The first-order valence-electron chi connectivity index (χ1n) is 4.16. The van der Waals surface area contributed by atoms with Crippen LogP contribution in [0.15, 0.2) is 18.2 Å². The molecule has 1 atom stereocenters. The number of hydrazine groups is 1. The Balaban J connectivity index is 3.22. The zero-order valence-electron chi connectivity index (χ0n) is 8.10. The molecule has 0 radical (unpaired) electrons. The van der Waals surface area contributed by atoms with E-state index in [1.165, 1.54) is 13.2 Å². The zero-order chi connectivity index (χ0) is 11.4. The molecule has 1 aromatic carbocycles. The van der Waals surface area contributed by atoms with Crippen LogP contribution in [-0.2, 0) is 4.79 Å². The zero-order valence-corrected chi connectivity index (χ0v) is 8.10. The Morgan fingerprint density at radius 1 is 1.60 bits per heavy atom. The van der Waals surface area contributed by atoms with Crippen molar-refractivity contribution >= 4 is 11.7 Å². The van der Waals surface area contributed by atoms with Crippen molar-refractivity contribution < 1.29 is 19.7 Å². The Bertz CT molecular complexity index is 367. The molecule has 15 heavy (non-hydrogen) atoms. The number of nitrogens with two attached hydrogens (primary N) is 1. The number of methoxy groups -OCH3 is 1. The number of hydrogen-bond donors (Lipinski definition) is 4. The van der Waals surface area contributed by atoms with Gasteiger partial charge >= 0.3 is 5.97 Å². The van der Waals surface area contributed by atoms with E-state index in [0.717, 1.165) is 0 Å². The van der Waals surface area contributed by atoms with Crippen LogP contribution in [0.3, 0.4) is 0 Å². The fraction of sp³-hybridized carbons (Fsp3) is 0.222. The number of carboxylic acid groups (broad SMARTS) is 1. The van der Waals surface area contributed by atoms with Gasteiger partial charge in [0.25, 0.3) is 0 Å². The number of aliphatic hydroxyl groups excluding tert-OH is 1. The molecule has 0 aliphatic heterocycles. The van der Waals surface area contributed by atoms with Gasteiger partial charge in [-0.25, -0.2) is 4.79 Å². The molecular formula is C9H12N2O4. The summed E-state index contributed by atoms with van der Waals surface area (Å²) in [4.78, 5) is 10.6. The highest BCUT2D eigenvalue weighted by Crippen LogP contribution is 2.32. The van der Waals surface area contributed by atoms with Crippen LogP contribution in [0.2, 0.25) is 0 Å². The van der Waals surface area contributed by atoms with Gasteiger partial charge in [0.1, 0.15) is 5.75 Å². The molecule has 1 rings (SSSR count). The Morgan fingerprint density at radius 3 is 2.73 bits per heavy atom. The number of para-hydroxylation sites is 1. The molecule has 0 fully saturated rings. The Labute approximate surface area is 86.2 Å². The fourth-order valence-corrected chi connectivity index (χ4v) is 1.24. The first-order chi connectivity index (χ1) is 7.11. The first-order valence-corrected chi connectivity index (χ1v) is 4.16. The smallest absolute Gasteiger partial charge is 0.337 e. The molecule has 5 N–H and O–H groups in total. The maximum absolute atomic E-state index is 10.6. The monoisotopic (exact) mass is 212 g/mol. The number of aliphatic carboxylic acids is 1. The number of carboxylic acids is 1. The number of anilines is 1. The number of hydrogen-bond acceptors (Lipinski definition) is 5. The minimum Gasteiger partial charge on any atom is -0.494 e. The lowest BCUT2D eigenvalue weighted by Gasteiger charge is -2.14. The standard InChI is InChI=1S/C9H12N2O4/c1-15-8-5(7(12)9(13)14)3-2-4-6(8)11-10/h2-4,7,11-12H,10H2,1H3,(H,13,14).